The number of hydrogen-bond acceptors (Lipinski definition) is 4. The molecule has 3 amide bonds. The lowest BCUT2D eigenvalue weighted by Gasteiger charge is -2.33. The van der Waals surface area contributed by atoms with Crippen LogP contribution >= 0.6 is 0 Å². The fraction of sp³-hybridized carbons (Fsp3) is 0.375. The van der Waals surface area contributed by atoms with Crippen LogP contribution in [0, 0.1) is 12.8 Å². The zero-order valence-electron chi connectivity index (χ0n) is 17.5. The second-order valence-corrected chi connectivity index (χ2v) is 8.10. The second-order valence-electron chi connectivity index (χ2n) is 8.10. The minimum absolute atomic E-state index is 0.177. The van der Waals surface area contributed by atoms with Gasteiger partial charge in [0.05, 0.1) is 23.8 Å². The normalized spacial score (nSPS) is 19.6. The molecule has 0 saturated carbocycles. The summed E-state index contributed by atoms with van der Waals surface area (Å²) in [5.41, 5.74) is 2.73. The van der Waals surface area contributed by atoms with Crippen LogP contribution in [0.4, 0.5) is 0 Å². The highest BCUT2D eigenvalue weighted by molar-refractivity contribution is 6.22. The molecule has 6 nitrogen and oxygen atoms in total. The number of carbonyl (C=O) groups is 3. The van der Waals surface area contributed by atoms with Gasteiger partial charge < -0.3 is 10.1 Å². The second kappa shape index (κ2) is 7.94. The van der Waals surface area contributed by atoms with Gasteiger partial charge in [0.15, 0.2) is 0 Å². The zero-order chi connectivity index (χ0) is 21.4. The molecule has 2 aromatic rings. The van der Waals surface area contributed by atoms with E-state index in [1.807, 2.05) is 39.0 Å². The Labute approximate surface area is 176 Å². The summed E-state index contributed by atoms with van der Waals surface area (Å²) in [5, 5.41) is 3.10. The van der Waals surface area contributed by atoms with E-state index in [9.17, 15) is 14.4 Å². The summed E-state index contributed by atoms with van der Waals surface area (Å²) in [6.45, 7) is 6.35. The summed E-state index contributed by atoms with van der Waals surface area (Å²) in [6, 6.07) is 11.6. The van der Waals surface area contributed by atoms with Crippen molar-refractivity contribution in [1.82, 2.24) is 10.2 Å². The van der Waals surface area contributed by atoms with Gasteiger partial charge in [0.1, 0.15) is 11.8 Å². The molecule has 2 aliphatic rings. The molecule has 156 valence electrons. The Morgan fingerprint density at radius 3 is 2.47 bits per heavy atom. The number of benzene rings is 2. The Bertz CT molecular complexity index is 981. The Hall–Kier alpha value is -3.15. The quantitative estimate of drug-likeness (QED) is 0.769. The van der Waals surface area contributed by atoms with Crippen LogP contribution < -0.4 is 10.1 Å². The van der Waals surface area contributed by atoms with Crippen LogP contribution in [0.25, 0.3) is 0 Å². The number of nitrogens with zero attached hydrogens (tertiary/aromatic N) is 1. The lowest BCUT2D eigenvalue weighted by atomic mass is 9.94. The fourth-order valence-electron chi connectivity index (χ4n) is 4.23. The van der Waals surface area contributed by atoms with E-state index in [-0.39, 0.29) is 17.9 Å². The molecule has 0 bridgehead atoms. The lowest BCUT2D eigenvalue weighted by Crippen LogP contribution is -2.53. The maximum atomic E-state index is 13.4. The maximum absolute atomic E-state index is 13.4. The van der Waals surface area contributed by atoms with Crippen LogP contribution in [0.1, 0.15) is 64.6 Å². The summed E-state index contributed by atoms with van der Waals surface area (Å²) in [5.74, 6) is -0.529. The predicted molar refractivity (Wildman–Crippen MR) is 112 cm³/mol. The highest BCUT2D eigenvalue weighted by Gasteiger charge is 2.45. The summed E-state index contributed by atoms with van der Waals surface area (Å²) in [6.07, 6.45) is 1.30. The first-order valence-electron chi connectivity index (χ1n) is 10.4. The molecular weight excluding hydrogens is 380 g/mol. The van der Waals surface area contributed by atoms with Crippen molar-refractivity contribution >= 4 is 17.7 Å². The molecule has 2 aliphatic heterocycles. The number of amides is 3. The number of fused-ring (bicyclic) bond motifs is 2. The standard InChI is InChI=1S/C24H26N2O4/c1-4-15(3)21(26-23(28)16-7-5-6-8-17(16)24(26)29)22(27)25-19-11-12-30-20-10-9-14(2)13-18(19)20/h5-10,13,15,19,21H,4,11-12H2,1-3H3,(H,25,27). The molecule has 0 aliphatic carbocycles. The first-order valence-corrected chi connectivity index (χ1v) is 10.4. The average molecular weight is 406 g/mol. The zero-order valence-corrected chi connectivity index (χ0v) is 17.5. The summed E-state index contributed by atoms with van der Waals surface area (Å²) < 4.78 is 5.73. The minimum Gasteiger partial charge on any atom is -0.493 e. The average Bonchev–Trinajstić information content (AvgIpc) is 2.99. The molecule has 0 radical (unpaired) electrons. The van der Waals surface area contributed by atoms with Crippen LogP contribution in [0.2, 0.25) is 0 Å². The monoisotopic (exact) mass is 406 g/mol. The Morgan fingerprint density at radius 1 is 1.17 bits per heavy atom. The molecule has 0 saturated heterocycles. The molecular formula is C24H26N2O4. The first-order chi connectivity index (χ1) is 14.4. The summed E-state index contributed by atoms with van der Waals surface area (Å²) in [7, 11) is 0. The Balaban J connectivity index is 1.64. The van der Waals surface area contributed by atoms with Gasteiger partial charge in [-0.1, -0.05) is 50.1 Å². The SMILES string of the molecule is CCC(C)C(C(=O)NC1CCOc2ccc(C)cc21)N1C(=O)c2ccccc2C1=O. The summed E-state index contributed by atoms with van der Waals surface area (Å²) >= 11 is 0. The molecule has 4 rings (SSSR count). The fourth-order valence-corrected chi connectivity index (χ4v) is 4.23. The predicted octanol–water partition coefficient (Wildman–Crippen LogP) is 3.65. The van der Waals surface area contributed by atoms with Gasteiger partial charge in [-0.15, -0.1) is 0 Å². The van der Waals surface area contributed by atoms with E-state index in [0.717, 1.165) is 21.8 Å². The highest BCUT2D eigenvalue weighted by atomic mass is 16.5. The third-order valence-electron chi connectivity index (χ3n) is 6.08. The van der Waals surface area contributed by atoms with Gasteiger partial charge in [0.2, 0.25) is 5.91 Å². The number of aryl methyl sites for hydroxylation is 1. The molecule has 0 aromatic heterocycles. The van der Waals surface area contributed by atoms with E-state index < -0.39 is 17.9 Å². The Kier molecular flexibility index (Phi) is 5.33. The van der Waals surface area contributed by atoms with Gasteiger partial charge in [-0.2, -0.15) is 0 Å². The van der Waals surface area contributed by atoms with E-state index >= 15 is 0 Å². The molecule has 30 heavy (non-hydrogen) atoms. The molecule has 0 fully saturated rings. The van der Waals surface area contributed by atoms with Gasteiger partial charge in [0, 0.05) is 12.0 Å². The highest BCUT2D eigenvalue weighted by Crippen LogP contribution is 2.34. The maximum Gasteiger partial charge on any atom is 0.262 e. The molecule has 3 unspecified atom stereocenters. The van der Waals surface area contributed by atoms with Gasteiger partial charge in [0.25, 0.3) is 11.8 Å². The van der Waals surface area contributed by atoms with E-state index in [1.165, 1.54) is 0 Å². The topological polar surface area (TPSA) is 75.7 Å². The van der Waals surface area contributed by atoms with Crippen molar-refractivity contribution in [2.45, 2.75) is 45.7 Å². The van der Waals surface area contributed by atoms with E-state index in [4.69, 9.17) is 4.74 Å². The number of rotatable bonds is 5. The summed E-state index contributed by atoms with van der Waals surface area (Å²) in [4.78, 5) is 40.6. The van der Waals surface area contributed by atoms with Gasteiger partial charge in [-0.05, 0) is 31.0 Å². The van der Waals surface area contributed by atoms with Crippen molar-refractivity contribution in [3.8, 4) is 5.75 Å². The number of nitrogens with one attached hydrogen (secondary N) is 1. The van der Waals surface area contributed by atoms with Crippen LogP contribution in [-0.2, 0) is 4.79 Å². The van der Waals surface area contributed by atoms with Crippen LogP contribution in [0.5, 0.6) is 5.75 Å². The van der Waals surface area contributed by atoms with Crippen molar-refractivity contribution in [2.24, 2.45) is 5.92 Å². The third kappa shape index (κ3) is 3.36. The number of hydrogen-bond donors (Lipinski definition) is 1. The van der Waals surface area contributed by atoms with Gasteiger partial charge in [-0.3, -0.25) is 19.3 Å². The number of carbonyl (C=O) groups excluding carboxylic acids is 3. The Morgan fingerprint density at radius 2 is 1.83 bits per heavy atom. The molecule has 1 N–H and O–H groups in total. The van der Waals surface area contributed by atoms with Crippen LogP contribution in [0.3, 0.4) is 0 Å². The van der Waals surface area contributed by atoms with Crippen LogP contribution in [0.15, 0.2) is 42.5 Å². The van der Waals surface area contributed by atoms with Crippen LogP contribution in [-0.4, -0.2) is 35.3 Å². The smallest absolute Gasteiger partial charge is 0.262 e. The number of ether oxygens (including phenoxy) is 1. The van der Waals surface area contributed by atoms with Crippen molar-refractivity contribution < 1.29 is 19.1 Å². The molecule has 0 spiro atoms. The molecule has 6 heteroatoms. The third-order valence-corrected chi connectivity index (χ3v) is 6.08. The van der Waals surface area contributed by atoms with Crippen molar-refractivity contribution in [3.63, 3.8) is 0 Å². The molecule has 2 aromatic carbocycles. The van der Waals surface area contributed by atoms with E-state index in [2.05, 4.69) is 5.32 Å². The lowest BCUT2D eigenvalue weighted by molar-refractivity contribution is -0.127. The molecule has 3 atom stereocenters. The van der Waals surface area contributed by atoms with Gasteiger partial charge in [-0.25, -0.2) is 0 Å². The van der Waals surface area contributed by atoms with Crippen molar-refractivity contribution in [2.75, 3.05) is 6.61 Å². The van der Waals surface area contributed by atoms with E-state index in [1.54, 1.807) is 24.3 Å². The first kappa shape index (κ1) is 20.1. The number of imide groups is 1. The molecule has 2 heterocycles. The van der Waals surface area contributed by atoms with E-state index in [0.29, 0.717) is 30.6 Å². The largest absolute Gasteiger partial charge is 0.493 e. The minimum atomic E-state index is -0.862. The van der Waals surface area contributed by atoms with Crippen molar-refractivity contribution in [1.29, 1.82) is 0 Å². The van der Waals surface area contributed by atoms with Crippen molar-refractivity contribution in [3.05, 3.63) is 64.7 Å². The van der Waals surface area contributed by atoms with Gasteiger partial charge >= 0.3 is 0 Å².